The summed E-state index contributed by atoms with van der Waals surface area (Å²) in [6.07, 6.45) is -0.225. The van der Waals surface area contributed by atoms with Gasteiger partial charge in [0, 0.05) is 0 Å². The molecule has 3 heteroatoms. The van der Waals surface area contributed by atoms with E-state index in [1.165, 1.54) is 0 Å². The third kappa shape index (κ3) is 1.18. The predicted molar refractivity (Wildman–Crippen MR) is 27.4 cm³/mol. The van der Waals surface area contributed by atoms with E-state index in [0.29, 0.717) is 6.61 Å². The van der Waals surface area contributed by atoms with Gasteiger partial charge >= 0.3 is 0 Å². The van der Waals surface area contributed by atoms with Crippen LogP contribution in [0.1, 0.15) is 6.92 Å². The standard InChI is InChI=1S/C5H10O3/c1-4-3-7-5(2-6)8-4/h4-6H,2-3H2,1H3/t4-,5-/m1/s1. The van der Waals surface area contributed by atoms with Gasteiger partial charge in [-0.15, -0.1) is 0 Å². The van der Waals surface area contributed by atoms with Gasteiger partial charge in [-0.1, -0.05) is 0 Å². The van der Waals surface area contributed by atoms with Crippen LogP contribution in [0.2, 0.25) is 0 Å². The summed E-state index contributed by atoms with van der Waals surface area (Å²) in [5.41, 5.74) is 0. The molecule has 0 aliphatic carbocycles. The third-order valence-electron chi connectivity index (χ3n) is 1.05. The highest BCUT2D eigenvalue weighted by molar-refractivity contribution is 4.57. The quantitative estimate of drug-likeness (QED) is 0.515. The van der Waals surface area contributed by atoms with E-state index in [-0.39, 0.29) is 19.0 Å². The first kappa shape index (κ1) is 6.01. The van der Waals surface area contributed by atoms with Crippen LogP contribution in [0.15, 0.2) is 0 Å². The number of rotatable bonds is 1. The van der Waals surface area contributed by atoms with Crippen LogP contribution in [-0.2, 0) is 9.47 Å². The van der Waals surface area contributed by atoms with E-state index in [2.05, 4.69) is 0 Å². The van der Waals surface area contributed by atoms with Crippen molar-refractivity contribution in [1.82, 2.24) is 0 Å². The van der Waals surface area contributed by atoms with Gasteiger partial charge in [-0.25, -0.2) is 0 Å². The van der Waals surface area contributed by atoms with Gasteiger partial charge in [0.2, 0.25) is 0 Å². The Morgan fingerprint density at radius 3 is 2.75 bits per heavy atom. The van der Waals surface area contributed by atoms with Crippen LogP contribution in [0.3, 0.4) is 0 Å². The molecule has 1 fully saturated rings. The smallest absolute Gasteiger partial charge is 0.181 e. The Morgan fingerprint density at radius 1 is 1.75 bits per heavy atom. The lowest BCUT2D eigenvalue weighted by atomic mass is 10.5. The van der Waals surface area contributed by atoms with Crippen LogP contribution in [0.4, 0.5) is 0 Å². The Bertz CT molecular complexity index is 74.1. The van der Waals surface area contributed by atoms with Crippen molar-refractivity contribution >= 4 is 0 Å². The zero-order chi connectivity index (χ0) is 5.98. The maximum absolute atomic E-state index is 8.43. The van der Waals surface area contributed by atoms with Crippen molar-refractivity contribution in [1.29, 1.82) is 0 Å². The average Bonchev–Trinajstić information content (AvgIpc) is 2.14. The van der Waals surface area contributed by atoms with E-state index in [1.807, 2.05) is 6.92 Å². The fourth-order valence-corrected chi connectivity index (χ4v) is 0.676. The van der Waals surface area contributed by atoms with Crippen LogP contribution in [0.25, 0.3) is 0 Å². The Hall–Kier alpha value is -0.120. The van der Waals surface area contributed by atoms with E-state index in [9.17, 15) is 0 Å². The van der Waals surface area contributed by atoms with Gasteiger partial charge in [0.15, 0.2) is 6.29 Å². The summed E-state index contributed by atoms with van der Waals surface area (Å²) in [4.78, 5) is 0. The molecular formula is C5H10O3. The van der Waals surface area contributed by atoms with Gasteiger partial charge in [-0.3, -0.25) is 0 Å². The molecule has 1 aliphatic heterocycles. The molecule has 1 saturated heterocycles. The number of hydrogen-bond donors (Lipinski definition) is 1. The zero-order valence-corrected chi connectivity index (χ0v) is 4.83. The molecule has 0 aromatic heterocycles. The number of ether oxygens (including phenoxy) is 2. The summed E-state index contributed by atoms with van der Waals surface area (Å²) in [6.45, 7) is 2.48. The average molecular weight is 118 g/mol. The topological polar surface area (TPSA) is 38.7 Å². The van der Waals surface area contributed by atoms with E-state index in [0.717, 1.165) is 0 Å². The largest absolute Gasteiger partial charge is 0.391 e. The van der Waals surface area contributed by atoms with Gasteiger partial charge in [-0.05, 0) is 6.92 Å². The lowest BCUT2D eigenvalue weighted by Gasteiger charge is -2.02. The lowest BCUT2D eigenvalue weighted by Crippen LogP contribution is -2.13. The minimum absolute atomic E-state index is 0.0374. The molecule has 1 heterocycles. The number of hydrogen-bond acceptors (Lipinski definition) is 3. The summed E-state index contributed by atoms with van der Waals surface area (Å²) in [5.74, 6) is 0. The second kappa shape index (κ2) is 2.44. The van der Waals surface area contributed by atoms with Crippen molar-refractivity contribution < 1.29 is 14.6 Å². The summed E-state index contributed by atoms with van der Waals surface area (Å²) in [5, 5.41) is 8.43. The van der Waals surface area contributed by atoms with Gasteiger partial charge < -0.3 is 14.6 Å². The molecule has 0 saturated carbocycles. The van der Waals surface area contributed by atoms with Gasteiger partial charge in [0.05, 0.1) is 19.3 Å². The monoisotopic (exact) mass is 118 g/mol. The van der Waals surface area contributed by atoms with Crippen molar-refractivity contribution in [2.24, 2.45) is 0 Å². The van der Waals surface area contributed by atoms with E-state index >= 15 is 0 Å². The number of aliphatic hydroxyl groups excluding tert-OH is 1. The van der Waals surface area contributed by atoms with Gasteiger partial charge in [0.1, 0.15) is 0 Å². The molecule has 0 aromatic rings. The maximum Gasteiger partial charge on any atom is 0.181 e. The molecule has 1 aliphatic rings. The molecule has 1 rings (SSSR count). The van der Waals surface area contributed by atoms with Crippen molar-refractivity contribution in [3.8, 4) is 0 Å². The van der Waals surface area contributed by atoms with Crippen molar-refractivity contribution in [3.63, 3.8) is 0 Å². The van der Waals surface area contributed by atoms with Gasteiger partial charge in [0.25, 0.3) is 0 Å². The molecule has 3 nitrogen and oxygen atoms in total. The van der Waals surface area contributed by atoms with E-state index < -0.39 is 0 Å². The van der Waals surface area contributed by atoms with Crippen LogP contribution < -0.4 is 0 Å². The first-order valence-electron chi connectivity index (χ1n) is 2.71. The SMILES string of the molecule is C[C@@H]1CO[C@@H](CO)O1. The first-order valence-corrected chi connectivity index (χ1v) is 2.71. The molecule has 0 amide bonds. The maximum atomic E-state index is 8.43. The molecule has 0 aromatic carbocycles. The highest BCUT2D eigenvalue weighted by atomic mass is 16.7. The molecule has 0 radical (unpaired) electrons. The van der Waals surface area contributed by atoms with Crippen LogP contribution in [0, 0.1) is 0 Å². The van der Waals surface area contributed by atoms with Crippen LogP contribution in [-0.4, -0.2) is 30.7 Å². The second-order valence-electron chi connectivity index (χ2n) is 1.89. The van der Waals surface area contributed by atoms with E-state index in [4.69, 9.17) is 14.6 Å². The summed E-state index contributed by atoms with van der Waals surface area (Å²) < 4.78 is 9.98. The zero-order valence-electron chi connectivity index (χ0n) is 4.83. The molecule has 1 N–H and O–H groups in total. The minimum atomic E-state index is -0.370. The van der Waals surface area contributed by atoms with E-state index in [1.54, 1.807) is 0 Å². The van der Waals surface area contributed by atoms with Crippen molar-refractivity contribution in [3.05, 3.63) is 0 Å². The normalized spacial score (nSPS) is 38.2. The van der Waals surface area contributed by atoms with Crippen molar-refractivity contribution in [2.45, 2.75) is 19.3 Å². The Balaban J connectivity index is 2.22. The summed E-state index contributed by atoms with van der Waals surface area (Å²) in [6, 6.07) is 0. The number of aliphatic hydroxyl groups is 1. The van der Waals surface area contributed by atoms with Crippen LogP contribution >= 0.6 is 0 Å². The second-order valence-corrected chi connectivity index (χ2v) is 1.89. The summed E-state index contributed by atoms with van der Waals surface area (Å²) in [7, 11) is 0. The highest BCUT2D eigenvalue weighted by Crippen LogP contribution is 2.08. The molecule has 2 atom stereocenters. The highest BCUT2D eigenvalue weighted by Gasteiger charge is 2.20. The Morgan fingerprint density at radius 2 is 2.50 bits per heavy atom. The predicted octanol–water partition coefficient (Wildman–Crippen LogP) is -0.260. The fraction of sp³-hybridized carbons (Fsp3) is 1.00. The Labute approximate surface area is 48.2 Å². The molecular weight excluding hydrogens is 108 g/mol. The third-order valence-corrected chi connectivity index (χ3v) is 1.05. The van der Waals surface area contributed by atoms with Crippen LogP contribution in [0.5, 0.6) is 0 Å². The molecule has 48 valence electrons. The van der Waals surface area contributed by atoms with Crippen molar-refractivity contribution in [2.75, 3.05) is 13.2 Å². The molecule has 0 bridgehead atoms. The lowest BCUT2D eigenvalue weighted by molar-refractivity contribution is -0.0853. The molecule has 8 heavy (non-hydrogen) atoms. The Kier molecular flexibility index (Phi) is 1.83. The minimum Gasteiger partial charge on any atom is -0.391 e. The molecule has 0 spiro atoms. The van der Waals surface area contributed by atoms with Gasteiger partial charge in [-0.2, -0.15) is 0 Å². The molecule has 0 unspecified atom stereocenters. The first-order chi connectivity index (χ1) is 3.83. The fourth-order valence-electron chi connectivity index (χ4n) is 0.676. The summed E-state index contributed by atoms with van der Waals surface area (Å²) >= 11 is 0.